The SMILES string of the molecule is CC1OCCC1CNC(=O)CCC(=O)O. The maximum atomic E-state index is 11.2. The van der Waals surface area contributed by atoms with Gasteiger partial charge < -0.3 is 15.2 Å². The minimum absolute atomic E-state index is 0.0529. The monoisotopic (exact) mass is 215 g/mol. The van der Waals surface area contributed by atoms with Crippen molar-refractivity contribution in [1.29, 1.82) is 0 Å². The summed E-state index contributed by atoms with van der Waals surface area (Å²) in [6, 6.07) is 0. The Labute approximate surface area is 88.8 Å². The third kappa shape index (κ3) is 4.29. The van der Waals surface area contributed by atoms with Gasteiger partial charge in [0.15, 0.2) is 0 Å². The van der Waals surface area contributed by atoms with Crippen molar-refractivity contribution in [3.63, 3.8) is 0 Å². The number of hydrogen-bond donors (Lipinski definition) is 2. The summed E-state index contributed by atoms with van der Waals surface area (Å²) in [7, 11) is 0. The molecule has 0 aromatic carbocycles. The van der Waals surface area contributed by atoms with E-state index in [0.29, 0.717) is 12.5 Å². The Morgan fingerprint density at radius 1 is 1.47 bits per heavy atom. The van der Waals surface area contributed by atoms with Crippen LogP contribution in [0.2, 0.25) is 0 Å². The number of ether oxygens (including phenoxy) is 1. The van der Waals surface area contributed by atoms with Gasteiger partial charge in [0.2, 0.25) is 5.91 Å². The van der Waals surface area contributed by atoms with Crippen LogP contribution in [-0.2, 0) is 14.3 Å². The van der Waals surface area contributed by atoms with Gasteiger partial charge in [-0.15, -0.1) is 0 Å². The summed E-state index contributed by atoms with van der Waals surface area (Å²) < 4.78 is 5.35. The van der Waals surface area contributed by atoms with Gasteiger partial charge in [-0.2, -0.15) is 0 Å². The van der Waals surface area contributed by atoms with Gasteiger partial charge in [0.1, 0.15) is 0 Å². The second-order valence-corrected chi connectivity index (χ2v) is 3.82. The van der Waals surface area contributed by atoms with Crippen molar-refractivity contribution < 1.29 is 19.4 Å². The number of carbonyl (C=O) groups is 2. The van der Waals surface area contributed by atoms with E-state index in [0.717, 1.165) is 13.0 Å². The Hall–Kier alpha value is -1.10. The van der Waals surface area contributed by atoms with E-state index in [-0.39, 0.29) is 24.9 Å². The second kappa shape index (κ2) is 5.70. The van der Waals surface area contributed by atoms with Crippen molar-refractivity contribution in [2.45, 2.75) is 32.3 Å². The summed E-state index contributed by atoms with van der Waals surface area (Å²) >= 11 is 0. The minimum Gasteiger partial charge on any atom is -0.481 e. The number of hydrogen-bond acceptors (Lipinski definition) is 3. The lowest BCUT2D eigenvalue weighted by Gasteiger charge is -2.14. The fraction of sp³-hybridized carbons (Fsp3) is 0.800. The molecule has 0 saturated carbocycles. The molecule has 0 radical (unpaired) electrons. The van der Waals surface area contributed by atoms with E-state index < -0.39 is 5.97 Å². The van der Waals surface area contributed by atoms with Gasteiger partial charge in [-0.3, -0.25) is 9.59 Å². The van der Waals surface area contributed by atoms with E-state index in [1.165, 1.54) is 0 Å². The fourth-order valence-corrected chi connectivity index (χ4v) is 1.60. The van der Waals surface area contributed by atoms with Crippen LogP contribution in [0.5, 0.6) is 0 Å². The summed E-state index contributed by atoms with van der Waals surface area (Å²) in [5, 5.41) is 11.1. The van der Waals surface area contributed by atoms with E-state index in [1.807, 2.05) is 6.92 Å². The molecule has 0 bridgehead atoms. The highest BCUT2D eigenvalue weighted by Gasteiger charge is 2.24. The molecule has 5 heteroatoms. The van der Waals surface area contributed by atoms with E-state index in [1.54, 1.807) is 0 Å². The highest BCUT2D eigenvalue weighted by atomic mass is 16.5. The van der Waals surface area contributed by atoms with Crippen LogP contribution in [0.25, 0.3) is 0 Å². The molecular formula is C10H17NO4. The zero-order chi connectivity index (χ0) is 11.3. The van der Waals surface area contributed by atoms with E-state index in [4.69, 9.17) is 9.84 Å². The maximum absolute atomic E-state index is 11.2. The average molecular weight is 215 g/mol. The third-order valence-electron chi connectivity index (χ3n) is 2.66. The topological polar surface area (TPSA) is 75.6 Å². The highest BCUT2D eigenvalue weighted by molar-refractivity contribution is 5.80. The quantitative estimate of drug-likeness (QED) is 0.695. The molecule has 2 N–H and O–H groups in total. The van der Waals surface area contributed by atoms with Gasteiger partial charge in [0.05, 0.1) is 12.5 Å². The van der Waals surface area contributed by atoms with Gasteiger partial charge in [-0.1, -0.05) is 0 Å². The average Bonchev–Trinajstić information content (AvgIpc) is 2.58. The number of carboxylic acids is 1. The summed E-state index contributed by atoms with van der Waals surface area (Å²) in [5.41, 5.74) is 0. The molecule has 1 rings (SSSR count). The lowest BCUT2D eigenvalue weighted by molar-refractivity contribution is -0.138. The van der Waals surface area contributed by atoms with Crippen molar-refractivity contribution in [3.05, 3.63) is 0 Å². The van der Waals surface area contributed by atoms with Crippen molar-refractivity contribution in [3.8, 4) is 0 Å². The number of rotatable bonds is 5. The number of carboxylic acid groups (broad SMARTS) is 1. The first-order valence-electron chi connectivity index (χ1n) is 5.19. The molecule has 1 saturated heterocycles. The molecule has 0 aromatic heterocycles. The van der Waals surface area contributed by atoms with Crippen LogP contribution >= 0.6 is 0 Å². The molecule has 1 fully saturated rings. The number of amides is 1. The molecule has 1 aliphatic rings. The van der Waals surface area contributed by atoms with Crippen LogP contribution < -0.4 is 5.32 Å². The predicted octanol–water partition coefficient (Wildman–Crippen LogP) is 0.392. The normalized spacial score (nSPS) is 25.1. The Morgan fingerprint density at radius 3 is 2.73 bits per heavy atom. The van der Waals surface area contributed by atoms with Crippen LogP contribution in [0.15, 0.2) is 0 Å². The zero-order valence-electron chi connectivity index (χ0n) is 8.86. The molecule has 2 atom stereocenters. The van der Waals surface area contributed by atoms with Gasteiger partial charge in [0.25, 0.3) is 0 Å². The van der Waals surface area contributed by atoms with Crippen molar-refractivity contribution in [2.75, 3.05) is 13.2 Å². The van der Waals surface area contributed by atoms with Gasteiger partial charge >= 0.3 is 5.97 Å². The van der Waals surface area contributed by atoms with Gasteiger partial charge in [-0.05, 0) is 13.3 Å². The summed E-state index contributed by atoms with van der Waals surface area (Å²) in [5.74, 6) is -0.780. The molecule has 1 heterocycles. The molecule has 5 nitrogen and oxygen atoms in total. The first-order chi connectivity index (χ1) is 7.09. The molecule has 0 aliphatic carbocycles. The van der Waals surface area contributed by atoms with Crippen LogP contribution in [0.3, 0.4) is 0 Å². The molecule has 0 aromatic rings. The number of aliphatic carboxylic acids is 1. The fourth-order valence-electron chi connectivity index (χ4n) is 1.60. The molecule has 2 unspecified atom stereocenters. The zero-order valence-corrected chi connectivity index (χ0v) is 8.86. The Morgan fingerprint density at radius 2 is 2.20 bits per heavy atom. The predicted molar refractivity (Wildman–Crippen MR) is 53.4 cm³/mol. The largest absolute Gasteiger partial charge is 0.481 e. The molecular weight excluding hydrogens is 198 g/mol. The lowest BCUT2D eigenvalue weighted by atomic mass is 10.0. The lowest BCUT2D eigenvalue weighted by Crippen LogP contribution is -2.32. The molecule has 1 aliphatic heterocycles. The van der Waals surface area contributed by atoms with Crippen LogP contribution in [0.4, 0.5) is 0 Å². The van der Waals surface area contributed by atoms with Gasteiger partial charge in [-0.25, -0.2) is 0 Å². The van der Waals surface area contributed by atoms with E-state index in [2.05, 4.69) is 5.32 Å². The first-order valence-corrected chi connectivity index (χ1v) is 5.19. The minimum atomic E-state index is -0.942. The maximum Gasteiger partial charge on any atom is 0.303 e. The second-order valence-electron chi connectivity index (χ2n) is 3.82. The van der Waals surface area contributed by atoms with E-state index >= 15 is 0 Å². The number of carbonyl (C=O) groups excluding carboxylic acids is 1. The van der Waals surface area contributed by atoms with Crippen LogP contribution in [-0.4, -0.2) is 36.2 Å². The number of nitrogens with one attached hydrogen (secondary N) is 1. The van der Waals surface area contributed by atoms with Gasteiger partial charge in [0, 0.05) is 25.5 Å². The van der Waals surface area contributed by atoms with Crippen LogP contribution in [0, 0.1) is 5.92 Å². The molecule has 0 spiro atoms. The molecule has 15 heavy (non-hydrogen) atoms. The molecule has 1 amide bonds. The summed E-state index contributed by atoms with van der Waals surface area (Å²) in [4.78, 5) is 21.4. The van der Waals surface area contributed by atoms with Crippen molar-refractivity contribution in [2.24, 2.45) is 5.92 Å². The standard InChI is InChI=1S/C10H17NO4/c1-7-8(4-5-15-7)6-11-9(12)2-3-10(13)14/h7-8H,2-6H2,1H3,(H,11,12)(H,13,14). The Balaban J connectivity index is 2.13. The first kappa shape index (κ1) is 12.0. The Bertz CT molecular complexity index is 242. The molecule has 86 valence electrons. The highest BCUT2D eigenvalue weighted by Crippen LogP contribution is 2.19. The van der Waals surface area contributed by atoms with Crippen LogP contribution in [0.1, 0.15) is 26.2 Å². The smallest absolute Gasteiger partial charge is 0.303 e. The van der Waals surface area contributed by atoms with Crippen molar-refractivity contribution >= 4 is 11.9 Å². The van der Waals surface area contributed by atoms with E-state index in [9.17, 15) is 9.59 Å². The summed E-state index contributed by atoms with van der Waals surface area (Å²) in [6.45, 7) is 3.32. The van der Waals surface area contributed by atoms with Crippen molar-refractivity contribution in [1.82, 2.24) is 5.32 Å². The summed E-state index contributed by atoms with van der Waals surface area (Å²) in [6.07, 6.45) is 1.09. The Kier molecular flexibility index (Phi) is 4.55. The third-order valence-corrected chi connectivity index (χ3v) is 2.66.